The third-order valence-electron chi connectivity index (χ3n) is 3.70. The fourth-order valence-corrected chi connectivity index (χ4v) is 4.49. The number of thiophene rings is 1. The van der Waals surface area contributed by atoms with Gasteiger partial charge in [-0.25, -0.2) is 13.1 Å². The van der Waals surface area contributed by atoms with Gasteiger partial charge in [-0.15, -0.1) is 11.3 Å². The Balaban J connectivity index is 1.60. The average molecular weight is 379 g/mol. The normalized spacial score (nSPS) is 15.8. The molecule has 24 heavy (non-hydrogen) atoms. The van der Waals surface area contributed by atoms with E-state index in [1.165, 1.54) is 10.7 Å². The molecule has 0 unspecified atom stereocenters. The standard InChI is InChI=1S/C14H16F3N3O2S2/c15-14(16,17)12-9-11(10-4-5-10)20(19-12)7-2-6-18-24(21,22)13-3-1-8-23-13/h1,3,8-10,18H,2,4-7H2. The molecule has 5 nitrogen and oxygen atoms in total. The maximum absolute atomic E-state index is 12.8. The molecule has 0 saturated heterocycles. The quantitative estimate of drug-likeness (QED) is 0.752. The molecule has 2 heterocycles. The van der Waals surface area contributed by atoms with Gasteiger partial charge in [0.1, 0.15) is 4.21 Å². The number of nitrogens with zero attached hydrogens (tertiary/aromatic N) is 2. The summed E-state index contributed by atoms with van der Waals surface area (Å²) in [7, 11) is -3.54. The maximum atomic E-state index is 12.8. The van der Waals surface area contributed by atoms with Gasteiger partial charge in [-0.2, -0.15) is 18.3 Å². The van der Waals surface area contributed by atoms with Crippen LogP contribution in [-0.2, 0) is 22.7 Å². The molecule has 0 aromatic carbocycles. The van der Waals surface area contributed by atoms with Crippen molar-refractivity contribution in [3.8, 4) is 0 Å². The van der Waals surface area contributed by atoms with E-state index >= 15 is 0 Å². The fraction of sp³-hybridized carbons (Fsp3) is 0.500. The molecule has 10 heteroatoms. The van der Waals surface area contributed by atoms with Crippen LogP contribution in [0.15, 0.2) is 27.8 Å². The van der Waals surface area contributed by atoms with Crippen LogP contribution in [0.3, 0.4) is 0 Å². The van der Waals surface area contributed by atoms with Crippen LogP contribution in [0.5, 0.6) is 0 Å². The maximum Gasteiger partial charge on any atom is 0.435 e. The first-order valence-corrected chi connectivity index (χ1v) is 9.82. The first-order chi connectivity index (χ1) is 11.3. The van der Waals surface area contributed by atoms with E-state index in [2.05, 4.69) is 9.82 Å². The monoisotopic (exact) mass is 379 g/mol. The zero-order valence-electron chi connectivity index (χ0n) is 12.6. The number of sulfonamides is 1. The van der Waals surface area contributed by atoms with Gasteiger partial charge < -0.3 is 0 Å². The molecule has 3 rings (SSSR count). The van der Waals surface area contributed by atoms with Crippen LogP contribution in [-0.4, -0.2) is 24.7 Å². The lowest BCUT2D eigenvalue weighted by Crippen LogP contribution is -2.25. The molecule has 1 N–H and O–H groups in total. The van der Waals surface area contributed by atoms with Crippen molar-refractivity contribution in [2.24, 2.45) is 0 Å². The number of hydrogen-bond acceptors (Lipinski definition) is 4. The second kappa shape index (κ2) is 6.49. The SMILES string of the molecule is O=S(=O)(NCCCn1nc(C(F)(F)F)cc1C1CC1)c1cccs1. The number of aryl methyl sites for hydroxylation is 1. The van der Waals surface area contributed by atoms with E-state index in [-0.39, 0.29) is 23.2 Å². The molecule has 1 fully saturated rings. The van der Waals surface area contributed by atoms with Gasteiger partial charge >= 0.3 is 6.18 Å². The minimum absolute atomic E-state index is 0.136. The number of hydrogen-bond donors (Lipinski definition) is 1. The predicted molar refractivity (Wildman–Crippen MR) is 83.3 cm³/mol. The molecule has 0 aliphatic heterocycles. The number of aromatic nitrogens is 2. The van der Waals surface area contributed by atoms with E-state index in [4.69, 9.17) is 0 Å². The van der Waals surface area contributed by atoms with E-state index in [0.29, 0.717) is 12.1 Å². The summed E-state index contributed by atoms with van der Waals surface area (Å²) in [6, 6.07) is 4.25. The Morgan fingerprint density at radius 2 is 2.12 bits per heavy atom. The summed E-state index contributed by atoms with van der Waals surface area (Å²) >= 11 is 1.11. The van der Waals surface area contributed by atoms with Crippen molar-refractivity contribution in [2.45, 2.75) is 42.1 Å². The molecule has 0 bridgehead atoms. The molecule has 132 valence electrons. The molecule has 0 amide bonds. The first kappa shape index (κ1) is 17.4. The van der Waals surface area contributed by atoms with Crippen LogP contribution in [0.2, 0.25) is 0 Å². The van der Waals surface area contributed by atoms with Gasteiger partial charge in [-0.3, -0.25) is 4.68 Å². The molecule has 0 spiro atoms. The zero-order chi connectivity index (χ0) is 17.4. The van der Waals surface area contributed by atoms with Gasteiger partial charge in [-0.1, -0.05) is 6.07 Å². The van der Waals surface area contributed by atoms with E-state index < -0.39 is 21.9 Å². The van der Waals surface area contributed by atoms with E-state index in [1.54, 1.807) is 11.4 Å². The molecule has 0 atom stereocenters. The lowest BCUT2D eigenvalue weighted by molar-refractivity contribution is -0.141. The number of rotatable bonds is 7. The van der Waals surface area contributed by atoms with Crippen LogP contribution in [0.25, 0.3) is 0 Å². The summed E-state index contributed by atoms with van der Waals surface area (Å²) in [5.74, 6) is 0.136. The van der Waals surface area contributed by atoms with Gasteiger partial charge in [0.15, 0.2) is 5.69 Å². The van der Waals surface area contributed by atoms with Gasteiger partial charge in [-0.05, 0) is 36.8 Å². The fourth-order valence-electron chi connectivity index (χ4n) is 2.38. The van der Waals surface area contributed by atoms with Crippen LogP contribution >= 0.6 is 11.3 Å². The minimum Gasteiger partial charge on any atom is -0.269 e. The molecule has 1 aliphatic rings. The zero-order valence-corrected chi connectivity index (χ0v) is 14.2. The highest BCUT2D eigenvalue weighted by atomic mass is 32.2. The summed E-state index contributed by atoms with van der Waals surface area (Å²) in [4.78, 5) is 0. The Morgan fingerprint density at radius 1 is 1.38 bits per heavy atom. The predicted octanol–water partition coefficient (Wildman–Crippen LogP) is 3.21. The number of nitrogens with one attached hydrogen (secondary N) is 1. The van der Waals surface area contributed by atoms with Crippen molar-refractivity contribution < 1.29 is 21.6 Å². The Morgan fingerprint density at radius 3 is 2.71 bits per heavy atom. The average Bonchev–Trinajstić information content (AvgIpc) is 3.03. The molecular formula is C14H16F3N3O2S2. The van der Waals surface area contributed by atoms with Crippen molar-refractivity contribution in [3.63, 3.8) is 0 Å². The van der Waals surface area contributed by atoms with Gasteiger partial charge in [0.05, 0.1) is 0 Å². The Labute approximate surface area is 141 Å². The van der Waals surface area contributed by atoms with E-state index in [9.17, 15) is 21.6 Å². The third kappa shape index (κ3) is 3.98. The topological polar surface area (TPSA) is 64.0 Å². The summed E-state index contributed by atoms with van der Waals surface area (Å²) in [6.45, 7) is 0.389. The van der Waals surface area contributed by atoms with Crippen molar-refractivity contribution in [1.29, 1.82) is 0 Å². The molecular weight excluding hydrogens is 363 g/mol. The highest BCUT2D eigenvalue weighted by molar-refractivity contribution is 7.91. The second-order valence-corrected chi connectivity index (χ2v) is 8.57. The molecule has 1 aliphatic carbocycles. The molecule has 1 saturated carbocycles. The summed E-state index contributed by atoms with van der Waals surface area (Å²) < 4.78 is 66.3. The lowest BCUT2D eigenvalue weighted by atomic mass is 10.2. The van der Waals surface area contributed by atoms with Crippen molar-refractivity contribution in [3.05, 3.63) is 35.0 Å². The van der Waals surface area contributed by atoms with Crippen LogP contribution in [0.4, 0.5) is 13.2 Å². The Hall–Kier alpha value is -1.39. The number of alkyl halides is 3. The second-order valence-electron chi connectivity index (χ2n) is 5.63. The van der Waals surface area contributed by atoms with Crippen molar-refractivity contribution in [2.75, 3.05) is 6.54 Å². The highest BCUT2D eigenvalue weighted by Gasteiger charge is 2.37. The molecule has 0 radical (unpaired) electrons. The smallest absolute Gasteiger partial charge is 0.269 e. The summed E-state index contributed by atoms with van der Waals surface area (Å²) in [5.41, 5.74) is -0.299. The number of halogens is 3. The molecule has 2 aromatic heterocycles. The largest absolute Gasteiger partial charge is 0.435 e. The lowest BCUT2D eigenvalue weighted by Gasteiger charge is -2.08. The van der Waals surface area contributed by atoms with Crippen LogP contribution in [0, 0.1) is 0 Å². The minimum atomic E-state index is -4.46. The van der Waals surface area contributed by atoms with E-state index in [0.717, 1.165) is 30.2 Å². The highest BCUT2D eigenvalue weighted by Crippen LogP contribution is 2.42. The van der Waals surface area contributed by atoms with Gasteiger partial charge in [0.2, 0.25) is 10.0 Å². The van der Waals surface area contributed by atoms with Crippen molar-refractivity contribution in [1.82, 2.24) is 14.5 Å². The van der Waals surface area contributed by atoms with Crippen molar-refractivity contribution >= 4 is 21.4 Å². The Bertz CT molecular complexity index is 794. The van der Waals surface area contributed by atoms with Crippen LogP contribution in [0.1, 0.15) is 36.6 Å². The first-order valence-electron chi connectivity index (χ1n) is 7.45. The van der Waals surface area contributed by atoms with Crippen LogP contribution < -0.4 is 4.72 Å². The third-order valence-corrected chi connectivity index (χ3v) is 6.55. The van der Waals surface area contributed by atoms with Gasteiger partial charge in [0, 0.05) is 24.7 Å². The summed E-state index contributed by atoms with van der Waals surface area (Å²) in [6.07, 6.45) is -2.36. The Kier molecular flexibility index (Phi) is 4.71. The van der Waals surface area contributed by atoms with Gasteiger partial charge in [0.25, 0.3) is 0 Å². The van der Waals surface area contributed by atoms with E-state index in [1.807, 2.05) is 0 Å². The summed E-state index contributed by atoms with van der Waals surface area (Å²) in [5, 5.41) is 5.31. The molecule has 2 aromatic rings.